The highest BCUT2D eigenvalue weighted by Gasteiger charge is 2.45. The minimum Gasteiger partial charge on any atom is -0.467 e. The number of likely N-dealkylation sites (tertiary alicyclic amines) is 1. The average molecular weight is 793 g/mol. The summed E-state index contributed by atoms with van der Waals surface area (Å²) < 4.78 is 22.5. The first kappa shape index (κ1) is 41.2. The zero-order chi connectivity index (χ0) is 40.9. The van der Waals surface area contributed by atoms with Gasteiger partial charge in [-0.05, 0) is 74.0 Å². The molecular weight excluding hydrogens is 745 g/mol. The molecule has 1 aliphatic rings. The zero-order valence-electron chi connectivity index (χ0n) is 32.3. The Bertz CT molecular complexity index is 2090. The number of fused-ring (bicyclic) bond motifs is 1. The predicted molar refractivity (Wildman–Crippen MR) is 212 cm³/mol. The summed E-state index contributed by atoms with van der Waals surface area (Å²) in [6, 6.07) is 25.6. The van der Waals surface area contributed by atoms with Crippen molar-refractivity contribution in [3.63, 3.8) is 0 Å². The number of nitrogens with zero attached hydrogens (tertiary/aromatic N) is 3. The molecule has 4 amide bonds. The predicted octanol–water partition coefficient (Wildman–Crippen LogP) is 5.38. The number of hydrogen-bond acceptors (Lipinski definition) is 11. The first-order valence-electron chi connectivity index (χ1n) is 19.3. The van der Waals surface area contributed by atoms with Gasteiger partial charge in [-0.15, -0.1) is 0 Å². The highest BCUT2D eigenvalue weighted by Crippen LogP contribution is 2.25. The summed E-state index contributed by atoms with van der Waals surface area (Å²) in [4.78, 5) is 76.3. The van der Waals surface area contributed by atoms with Gasteiger partial charge >= 0.3 is 12.2 Å². The molecule has 5 aromatic rings. The second-order valence-electron chi connectivity index (χ2n) is 14.2. The number of unbranched alkanes of at least 4 members (excludes halogenated alkanes) is 1. The number of oxazole rings is 1. The molecule has 0 saturated carbocycles. The van der Waals surface area contributed by atoms with Crippen molar-refractivity contribution in [2.75, 3.05) is 20.1 Å². The van der Waals surface area contributed by atoms with E-state index in [2.05, 4.69) is 15.6 Å². The number of amides is 4. The van der Waals surface area contributed by atoms with Crippen LogP contribution in [-0.4, -0.2) is 88.9 Å². The number of ketones is 1. The summed E-state index contributed by atoms with van der Waals surface area (Å²) in [5.41, 5.74) is 8.36. The zero-order valence-corrected chi connectivity index (χ0v) is 32.3. The molecule has 2 aromatic heterocycles. The number of furan rings is 1. The van der Waals surface area contributed by atoms with Crippen LogP contribution in [-0.2, 0) is 38.6 Å². The fraction of sp³-hybridized carbons (Fsp3) is 0.349. The van der Waals surface area contributed by atoms with Gasteiger partial charge in [-0.2, -0.15) is 0 Å². The Hall–Kier alpha value is -6.48. The molecule has 4 N–H and O–H groups in total. The van der Waals surface area contributed by atoms with Crippen LogP contribution in [0.3, 0.4) is 0 Å². The lowest BCUT2D eigenvalue weighted by atomic mass is 10.0. The van der Waals surface area contributed by atoms with E-state index >= 15 is 0 Å². The normalized spacial score (nSPS) is 16.0. The Kier molecular flexibility index (Phi) is 14.3. The maximum atomic E-state index is 14.6. The van der Waals surface area contributed by atoms with Gasteiger partial charge in [0.25, 0.3) is 5.89 Å². The molecule has 0 spiro atoms. The molecule has 3 aromatic carbocycles. The van der Waals surface area contributed by atoms with Crippen molar-refractivity contribution in [2.45, 2.75) is 75.9 Å². The van der Waals surface area contributed by atoms with Gasteiger partial charge < -0.3 is 44.5 Å². The van der Waals surface area contributed by atoms with Crippen LogP contribution in [0.15, 0.2) is 112 Å². The summed E-state index contributed by atoms with van der Waals surface area (Å²) in [6.45, 7) is 0.334. The van der Waals surface area contributed by atoms with E-state index < -0.39 is 54.0 Å². The molecule has 1 aliphatic heterocycles. The Morgan fingerprint density at radius 2 is 1.60 bits per heavy atom. The molecule has 4 atom stereocenters. The van der Waals surface area contributed by atoms with Crippen molar-refractivity contribution in [1.29, 1.82) is 0 Å². The fourth-order valence-electron chi connectivity index (χ4n) is 6.78. The number of hydrogen-bond donors (Lipinski definition) is 3. The Balaban J connectivity index is 1.24. The number of rotatable bonds is 18. The van der Waals surface area contributed by atoms with Crippen LogP contribution < -0.4 is 16.4 Å². The van der Waals surface area contributed by atoms with Crippen LogP contribution in [0.5, 0.6) is 0 Å². The number of ether oxygens (including phenoxy) is 2. The van der Waals surface area contributed by atoms with E-state index in [4.69, 9.17) is 24.0 Å². The van der Waals surface area contributed by atoms with Gasteiger partial charge in [0.2, 0.25) is 17.6 Å². The maximum absolute atomic E-state index is 14.6. The number of carbonyl (C=O) groups excluding carboxylic acids is 5. The number of benzene rings is 3. The van der Waals surface area contributed by atoms with E-state index in [1.165, 1.54) is 16.1 Å². The summed E-state index contributed by atoms with van der Waals surface area (Å²) >= 11 is 0. The van der Waals surface area contributed by atoms with Crippen LogP contribution >= 0.6 is 0 Å². The number of aromatic nitrogens is 1. The largest absolute Gasteiger partial charge is 0.467 e. The van der Waals surface area contributed by atoms with Crippen LogP contribution in [0, 0.1) is 0 Å². The van der Waals surface area contributed by atoms with Gasteiger partial charge in [-0.1, -0.05) is 72.8 Å². The van der Waals surface area contributed by atoms with E-state index in [9.17, 15) is 24.0 Å². The second-order valence-corrected chi connectivity index (χ2v) is 14.2. The highest BCUT2D eigenvalue weighted by atomic mass is 16.6. The monoisotopic (exact) mass is 792 g/mol. The van der Waals surface area contributed by atoms with Gasteiger partial charge in [0.15, 0.2) is 5.58 Å². The second kappa shape index (κ2) is 20.1. The number of aryl methyl sites for hydroxylation is 1. The fourth-order valence-corrected chi connectivity index (χ4v) is 6.78. The number of nitrogens with two attached hydrogens (primary N) is 1. The van der Waals surface area contributed by atoms with Crippen molar-refractivity contribution in [3.8, 4) is 0 Å². The number of nitrogens with one attached hydrogen (secondary N) is 2. The summed E-state index contributed by atoms with van der Waals surface area (Å²) in [5, 5.41) is 5.57. The topological polar surface area (TPSA) is 200 Å². The molecule has 1 saturated heterocycles. The van der Waals surface area contributed by atoms with Gasteiger partial charge in [0.1, 0.15) is 36.1 Å². The number of carbonyl (C=O) groups is 5. The maximum Gasteiger partial charge on any atom is 0.410 e. The van der Waals surface area contributed by atoms with Crippen molar-refractivity contribution in [1.82, 2.24) is 25.4 Å². The Morgan fingerprint density at radius 1 is 0.879 bits per heavy atom. The van der Waals surface area contributed by atoms with Gasteiger partial charge in [-0.3, -0.25) is 14.4 Å². The van der Waals surface area contributed by atoms with Gasteiger partial charge in [-0.25, -0.2) is 14.6 Å². The van der Waals surface area contributed by atoms with Gasteiger partial charge in [0, 0.05) is 13.5 Å². The highest BCUT2D eigenvalue weighted by molar-refractivity contribution is 6.01. The van der Waals surface area contributed by atoms with E-state index in [-0.39, 0.29) is 44.8 Å². The average Bonchev–Trinajstić information content (AvgIpc) is 4.02. The molecule has 0 bridgehead atoms. The SMILES string of the molecule is CN(Cc1ccco1)C(=O)O[C@@H]1C[C@@H](C(=O)N[C@@H](CCCCN)C(=O)c2nc3ccccc3o2)N(C(=O)[C@@H](CCc2ccccc2)NC(=O)OCc2ccccc2)C1. The van der Waals surface area contributed by atoms with Crippen molar-refractivity contribution < 1.29 is 42.3 Å². The first-order valence-corrected chi connectivity index (χ1v) is 19.3. The van der Waals surface area contributed by atoms with Crippen molar-refractivity contribution in [3.05, 3.63) is 126 Å². The van der Waals surface area contributed by atoms with E-state index in [0.29, 0.717) is 42.7 Å². The van der Waals surface area contributed by atoms with E-state index in [0.717, 1.165) is 11.1 Å². The van der Waals surface area contributed by atoms with E-state index in [1.807, 2.05) is 60.7 Å². The summed E-state index contributed by atoms with van der Waals surface area (Å²) in [5.74, 6) is -1.39. The molecule has 3 heterocycles. The van der Waals surface area contributed by atoms with Crippen molar-refractivity contribution >= 4 is 40.9 Å². The standard InChI is InChI=1S/C43H48N6O9/c1-48(26-31-17-12-24-55-31)43(54)57-32-25-36(39(51)45-34(19-10-11-23-44)38(50)40-46-33-18-8-9-20-37(33)58-40)49(27-32)41(52)35(22-21-29-13-4-2-5-14-29)47-42(53)56-28-30-15-6-3-7-16-30/h2-9,12-18,20,24,32,34-36H,10-11,19,21-23,25-28,44H2,1H3,(H,45,51)(H,47,53)/t32-,34+,35-,36+/m1/s1. The van der Waals surface area contributed by atoms with Crippen LogP contribution in [0.25, 0.3) is 11.1 Å². The molecule has 6 rings (SSSR count). The summed E-state index contributed by atoms with van der Waals surface area (Å²) in [6.07, 6.45) is 0.928. The number of Topliss-reactive ketones (excluding diaryl/α,β-unsaturated/α-hetero) is 1. The molecule has 1 fully saturated rings. The lowest BCUT2D eigenvalue weighted by molar-refractivity contribution is -0.140. The number of para-hydroxylation sites is 2. The van der Waals surface area contributed by atoms with Crippen LogP contribution in [0.1, 0.15) is 59.7 Å². The molecule has 0 unspecified atom stereocenters. The van der Waals surface area contributed by atoms with Crippen LogP contribution in [0.2, 0.25) is 0 Å². The Morgan fingerprint density at radius 3 is 2.31 bits per heavy atom. The Labute approximate surface area is 335 Å². The molecule has 15 nitrogen and oxygen atoms in total. The third kappa shape index (κ3) is 11.1. The third-order valence-corrected chi connectivity index (χ3v) is 9.85. The third-order valence-electron chi connectivity index (χ3n) is 9.85. The molecule has 15 heteroatoms. The van der Waals surface area contributed by atoms with E-state index in [1.54, 1.807) is 43.4 Å². The lowest BCUT2D eigenvalue weighted by Gasteiger charge is -2.29. The molecular formula is C43H48N6O9. The lowest BCUT2D eigenvalue weighted by Crippen LogP contribution is -2.55. The minimum atomic E-state index is -1.18. The number of alkyl carbamates (subject to hydrolysis) is 1. The van der Waals surface area contributed by atoms with Crippen LogP contribution in [0.4, 0.5) is 9.59 Å². The first-order chi connectivity index (χ1) is 28.2. The molecule has 0 aliphatic carbocycles. The smallest absolute Gasteiger partial charge is 0.410 e. The molecule has 0 radical (unpaired) electrons. The van der Waals surface area contributed by atoms with Gasteiger partial charge in [0.05, 0.1) is 25.4 Å². The molecule has 304 valence electrons. The minimum absolute atomic E-state index is 0.0236. The van der Waals surface area contributed by atoms with Crippen molar-refractivity contribution in [2.24, 2.45) is 5.73 Å². The quantitative estimate of drug-likeness (QED) is 0.0760. The molecule has 58 heavy (non-hydrogen) atoms. The summed E-state index contributed by atoms with van der Waals surface area (Å²) in [7, 11) is 1.54.